The Morgan fingerprint density at radius 2 is 1.81 bits per heavy atom. The molecule has 254 valence electrons. The van der Waals surface area contributed by atoms with Gasteiger partial charge in [-0.25, -0.2) is 4.79 Å². The lowest BCUT2D eigenvalue weighted by Gasteiger charge is -2.40. The summed E-state index contributed by atoms with van der Waals surface area (Å²) in [5, 5.41) is 9.62. The Morgan fingerprint density at radius 1 is 1.11 bits per heavy atom. The fraction of sp³-hybridized carbons (Fsp3) is 0.588. The molecule has 3 aromatic heterocycles. The van der Waals surface area contributed by atoms with E-state index in [1.54, 1.807) is 11.6 Å². The zero-order valence-corrected chi connectivity index (χ0v) is 30.6. The monoisotopic (exact) mass is 681 g/mol. The first kappa shape index (κ1) is 33.5. The van der Waals surface area contributed by atoms with Crippen molar-refractivity contribution >= 4 is 53.7 Å². The van der Waals surface area contributed by atoms with E-state index in [1.165, 1.54) is 0 Å². The van der Waals surface area contributed by atoms with Gasteiger partial charge in [-0.05, 0) is 65.5 Å². The van der Waals surface area contributed by atoms with E-state index < -0.39 is 13.7 Å². The van der Waals surface area contributed by atoms with Crippen LogP contribution in [0.15, 0.2) is 29.3 Å². The zero-order valence-electron chi connectivity index (χ0n) is 28.9. The van der Waals surface area contributed by atoms with E-state index in [4.69, 9.17) is 26.1 Å². The highest BCUT2D eigenvalue weighted by Gasteiger charge is 2.43. The highest BCUT2D eigenvalue weighted by atomic mass is 35.5. The summed E-state index contributed by atoms with van der Waals surface area (Å²) in [5.41, 5.74) is 2.21. The number of hydrogen-bond acceptors (Lipinski definition) is 7. The van der Waals surface area contributed by atoms with E-state index in [9.17, 15) is 9.59 Å². The van der Waals surface area contributed by atoms with Crippen molar-refractivity contribution in [1.82, 2.24) is 29.2 Å². The molecule has 6 rings (SSSR count). The topological polar surface area (TPSA) is 108 Å². The molecule has 5 heterocycles. The summed E-state index contributed by atoms with van der Waals surface area (Å²) in [4.78, 5) is 34.5. The van der Waals surface area contributed by atoms with Gasteiger partial charge in [-0.1, -0.05) is 37.3 Å². The van der Waals surface area contributed by atoms with Crippen LogP contribution in [0, 0.1) is 0 Å². The standard InChI is InChI=1S/C34H48ClN7O4Si/c1-9-41-19-26-27(38-41)13-12-24(29(26)35)25-18-40(20-45-14-15-47(6,7)8)30-28(25)31(43)39(5)32(37-30)42-22-10-11-23(42)17-21(16-22)36-33(44)46-34(2,3)4/h12-13,18-19,21-23H,9-11,14-17,20H2,1-8H3,(H,36,44). The third-order valence-electron chi connectivity index (χ3n) is 9.27. The van der Waals surface area contributed by atoms with Gasteiger partial charge in [-0.3, -0.25) is 14.0 Å². The highest BCUT2D eigenvalue weighted by molar-refractivity contribution is 6.76. The van der Waals surface area contributed by atoms with Crippen molar-refractivity contribution < 1.29 is 14.3 Å². The first-order valence-corrected chi connectivity index (χ1v) is 20.8. The Labute approximate surface area is 282 Å². The Balaban J connectivity index is 1.38. The van der Waals surface area contributed by atoms with Crippen molar-refractivity contribution in [3.8, 4) is 11.1 Å². The van der Waals surface area contributed by atoms with Gasteiger partial charge in [-0.2, -0.15) is 10.1 Å². The van der Waals surface area contributed by atoms with Gasteiger partial charge in [0.15, 0.2) is 5.65 Å². The SMILES string of the molecule is CCn1cc2c(Cl)c(-c3cn(COCC[Si](C)(C)C)c4nc(N5C6CCC5CC(NC(=O)OC(C)(C)C)C6)n(C)c(=O)c34)ccc2n1. The van der Waals surface area contributed by atoms with Crippen molar-refractivity contribution in [2.45, 2.75) is 116 Å². The van der Waals surface area contributed by atoms with Crippen molar-refractivity contribution in [2.75, 3.05) is 11.5 Å². The minimum Gasteiger partial charge on any atom is -0.444 e. The van der Waals surface area contributed by atoms with E-state index in [0.29, 0.717) is 28.6 Å². The van der Waals surface area contributed by atoms with Crippen LogP contribution in [0.3, 0.4) is 0 Å². The smallest absolute Gasteiger partial charge is 0.407 e. The maximum atomic E-state index is 14.4. The van der Waals surface area contributed by atoms with Crippen molar-refractivity contribution in [1.29, 1.82) is 0 Å². The summed E-state index contributed by atoms with van der Waals surface area (Å²) in [5.74, 6) is 0.643. The number of piperidine rings is 1. The largest absolute Gasteiger partial charge is 0.444 e. The van der Waals surface area contributed by atoms with Gasteiger partial charge in [-0.15, -0.1) is 0 Å². The molecule has 47 heavy (non-hydrogen) atoms. The van der Waals surface area contributed by atoms with Crippen molar-refractivity contribution in [3.63, 3.8) is 0 Å². The third kappa shape index (κ3) is 6.82. The molecule has 11 nitrogen and oxygen atoms in total. The lowest BCUT2D eigenvalue weighted by molar-refractivity contribution is 0.0492. The lowest BCUT2D eigenvalue weighted by Crippen LogP contribution is -2.52. The third-order valence-corrected chi connectivity index (χ3v) is 11.4. The number of carbonyl (C=O) groups excluding carboxylic acids is 1. The average molecular weight is 682 g/mol. The number of nitrogens with one attached hydrogen (secondary N) is 1. The summed E-state index contributed by atoms with van der Waals surface area (Å²) >= 11 is 7.04. The molecule has 1 aromatic carbocycles. The summed E-state index contributed by atoms with van der Waals surface area (Å²) in [6.45, 7) is 16.3. The molecular formula is C34H48ClN7O4Si. The number of ether oxygens (including phenoxy) is 2. The first-order valence-electron chi connectivity index (χ1n) is 16.7. The van der Waals surface area contributed by atoms with Crippen LogP contribution in [0.2, 0.25) is 30.7 Å². The quantitative estimate of drug-likeness (QED) is 0.154. The zero-order chi connectivity index (χ0) is 33.8. The molecule has 2 aliphatic rings. The van der Waals surface area contributed by atoms with Crippen LogP contribution < -0.4 is 15.8 Å². The van der Waals surface area contributed by atoms with Gasteiger partial charge in [0, 0.05) is 75.3 Å². The number of amides is 1. The van der Waals surface area contributed by atoms with Crippen LogP contribution in [-0.2, 0) is 29.8 Å². The number of benzene rings is 1. The summed E-state index contributed by atoms with van der Waals surface area (Å²) in [7, 11) is 0.517. The van der Waals surface area contributed by atoms with Gasteiger partial charge in [0.05, 0.1) is 15.9 Å². The molecule has 13 heteroatoms. The molecule has 0 saturated carbocycles. The van der Waals surface area contributed by atoms with Gasteiger partial charge >= 0.3 is 6.09 Å². The van der Waals surface area contributed by atoms with Crippen LogP contribution in [0.4, 0.5) is 10.7 Å². The fourth-order valence-corrected chi connectivity index (χ4v) is 8.02. The number of halogens is 1. The average Bonchev–Trinajstić information content (AvgIpc) is 3.64. The normalized spacial score (nSPS) is 20.0. The molecule has 2 bridgehead atoms. The van der Waals surface area contributed by atoms with E-state index in [-0.39, 0.29) is 36.5 Å². The number of alkyl carbamates (subject to hydrolysis) is 1. The van der Waals surface area contributed by atoms with Crippen LogP contribution in [0.5, 0.6) is 0 Å². The Bertz CT molecular complexity index is 1850. The van der Waals surface area contributed by atoms with Crippen LogP contribution in [0.25, 0.3) is 33.1 Å². The lowest BCUT2D eigenvalue weighted by atomic mass is 9.98. The number of hydrogen-bond donors (Lipinski definition) is 1. The van der Waals surface area contributed by atoms with E-state index in [0.717, 1.165) is 60.3 Å². The molecule has 2 atom stereocenters. The molecule has 4 aromatic rings. The predicted octanol–water partition coefficient (Wildman–Crippen LogP) is 6.76. The molecule has 0 spiro atoms. The predicted molar refractivity (Wildman–Crippen MR) is 190 cm³/mol. The summed E-state index contributed by atoms with van der Waals surface area (Å²) < 4.78 is 17.2. The molecule has 2 fully saturated rings. The second kappa shape index (κ2) is 12.6. The number of anilines is 1. The van der Waals surface area contributed by atoms with Crippen LogP contribution in [0.1, 0.15) is 53.4 Å². The molecule has 2 saturated heterocycles. The Morgan fingerprint density at radius 3 is 2.45 bits per heavy atom. The van der Waals surface area contributed by atoms with E-state index in [1.807, 2.05) is 61.5 Å². The molecular weight excluding hydrogens is 634 g/mol. The number of rotatable bonds is 9. The first-order chi connectivity index (χ1) is 22.1. The van der Waals surface area contributed by atoms with Crippen molar-refractivity contribution in [3.05, 3.63) is 39.9 Å². The van der Waals surface area contributed by atoms with E-state index >= 15 is 0 Å². The number of aryl methyl sites for hydroxylation is 1. The fourth-order valence-electron chi connectivity index (χ4n) is 6.95. The molecule has 1 N–H and O–H groups in total. The van der Waals surface area contributed by atoms with Gasteiger partial charge in [0.2, 0.25) is 5.95 Å². The summed E-state index contributed by atoms with van der Waals surface area (Å²) in [6.07, 6.45) is 6.98. The van der Waals surface area contributed by atoms with Crippen LogP contribution in [-0.4, -0.2) is 68.4 Å². The van der Waals surface area contributed by atoms with Gasteiger partial charge < -0.3 is 24.3 Å². The maximum Gasteiger partial charge on any atom is 0.407 e. The second-order valence-electron chi connectivity index (χ2n) is 15.3. The van der Waals surface area contributed by atoms with Crippen LogP contribution >= 0.6 is 11.6 Å². The van der Waals surface area contributed by atoms with Gasteiger partial charge in [0.25, 0.3) is 5.56 Å². The number of carbonyl (C=O) groups is 1. The number of nitrogens with zero attached hydrogens (tertiary/aromatic N) is 6. The highest BCUT2D eigenvalue weighted by Crippen LogP contribution is 2.41. The second-order valence-corrected chi connectivity index (χ2v) is 21.3. The minimum absolute atomic E-state index is 0.00344. The molecule has 1 amide bonds. The number of aromatic nitrogens is 5. The van der Waals surface area contributed by atoms with Gasteiger partial charge in [0.1, 0.15) is 12.3 Å². The van der Waals surface area contributed by atoms with Crippen molar-refractivity contribution in [2.24, 2.45) is 7.05 Å². The van der Waals surface area contributed by atoms with E-state index in [2.05, 4.69) is 35.0 Å². The molecule has 0 aliphatic carbocycles. The molecule has 2 unspecified atom stereocenters. The Kier molecular flexibility index (Phi) is 8.99. The minimum atomic E-state index is -1.29. The maximum absolute atomic E-state index is 14.4. The molecule has 2 aliphatic heterocycles. The number of fused-ring (bicyclic) bond motifs is 4. The molecule has 0 radical (unpaired) electrons. The summed E-state index contributed by atoms with van der Waals surface area (Å²) in [6, 6.07) is 5.23. The Hall–Kier alpha value is -3.35.